The smallest absolute Gasteiger partial charge is 0.166 e. The lowest BCUT2D eigenvalue weighted by molar-refractivity contribution is -0.139. The predicted octanol–water partition coefficient (Wildman–Crippen LogP) is 14.0. The Labute approximate surface area is 323 Å². The Morgan fingerprint density at radius 3 is 1.36 bits per heavy atom. The average Bonchev–Trinajstić information content (AvgIpc) is 2.75. The maximum atomic E-state index is 12.4. The summed E-state index contributed by atoms with van der Waals surface area (Å²) in [7, 11) is 0. The molecule has 0 aliphatic carbocycles. The molecule has 39 heavy (non-hydrogen) atoms. The van der Waals surface area contributed by atoms with Crippen LogP contribution in [0.25, 0.3) is 0 Å². The summed E-state index contributed by atoms with van der Waals surface area (Å²) < 4.78 is 116. The lowest BCUT2D eigenvalue weighted by atomic mass is 10.2. The van der Waals surface area contributed by atoms with Crippen molar-refractivity contribution in [3.05, 3.63) is 87.9 Å². The van der Waals surface area contributed by atoms with Gasteiger partial charge in [-0.2, -0.15) is 39.5 Å². The van der Waals surface area contributed by atoms with Crippen molar-refractivity contribution in [3.63, 3.8) is 0 Å². The van der Waals surface area contributed by atoms with Crippen LogP contribution in [0.4, 0.5) is 39.5 Å². The molecule has 0 fully saturated rings. The lowest BCUT2D eigenvalue weighted by Gasteiger charge is -2.10. The Morgan fingerprint density at radius 1 is 0.436 bits per heavy atom. The van der Waals surface area contributed by atoms with Crippen molar-refractivity contribution < 1.29 is 39.5 Å². The Balaban J connectivity index is 0.000000292. The SMILES string of the molecule is FC(F)(F)c1cc(Br)c(I)c(I)c1.FC(F)(F)c1cc(Br)c(I)cc1I.FC(F)(F)c1cc(Br)cc(I)c1I. The molecule has 0 saturated heterocycles. The summed E-state index contributed by atoms with van der Waals surface area (Å²) >= 11 is 20.3. The van der Waals surface area contributed by atoms with Gasteiger partial charge in [0.05, 0.1) is 16.7 Å². The molecule has 0 unspecified atom stereocenters. The summed E-state index contributed by atoms with van der Waals surface area (Å²) in [6.07, 6.45) is -12.8. The van der Waals surface area contributed by atoms with Crippen molar-refractivity contribution in [2.24, 2.45) is 0 Å². The van der Waals surface area contributed by atoms with Crippen molar-refractivity contribution in [1.29, 1.82) is 0 Å². The van der Waals surface area contributed by atoms with E-state index in [1.165, 1.54) is 6.07 Å². The molecule has 3 aromatic rings. The molecule has 0 aliphatic rings. The molecule has 3 aromatic carbocycles. The fraction of sp³-hybridized carbons (Fsp3) is 0.143. The molecular weight excluding hydrogens is 1420 g/mol. The van der Waals surface area contributed by atoms with Crippen LogP contribution in [0.1, 0.15) is 16.7 Å². The maximum absolute atomic E-state index is 12.4. The van der Waals surface area contributed by atoms with Gasteiger partial charge in [-0.1, -0.05) is 15.9 Å². The van der Waals surface area contributed by atoms with E-state index in [1.807, 2.05) is 90.4 Å². The quantitative estimate of drug-likeness (QED) is 0.0911. The van der Waals surface area contributed by atoms with Crippen molar-refractivity contribution >= 4 is 183 Å². The van der Waals surface area contributed by atoms with E-state index in [9.17, 15) is 39.5 Å². The minimum atomic E-state index is -4.28. The van der Waals surface area contributed by atoms with Crippen LogP contribution in [0.15, 0.2) is 49.8 Å². The normalized spacial score (nSPS) is 11.8. The van der Waals surface area contributed by atoms with Crippen molar-refractivity contribution in [2.45, 2.75) is 18.5 Å². The summed E-state index contributed by atoms with van der Waals surface area (Å²) in [5.41, 5.74) is -1.81. The highest BCUT2D eigenvalue weighted by Gasteiger charge is 2.35. The zero-order valence-electron chi connectivity index (χ0n) is 17.8. The molecule has 0 radical (unpaired) electrons. The molecule has 3 rings (SSSR count). The second kappa shape index (κ2) is 16.4. The van der Waals surface area contributed by atoms with Gasteiger partial charge in [-0.05, 0) is 204 Å². The highest BCUT2D eigenvalue weighted by Crippen LogP contribution is 2.38. The molecule has 0 spiro atoms. The van der Waals surface area contributed by atoms with Crippen molar-refractivity contribution in [1.82, 2.24) is 0 Å². The zero-order valence-corrected chi connectivity index (χ0v) is 35.5. The number of halogens is 18. The largest absolute Gasteiger partial charge is 0.417 e. The molecule has 0 aliphatic heterocycles. The van der Waals surface area contributed by atoms with Gasteiger partial charge >= 0.3 is 18.5 Å². The van der Waals surface area contributed by atoms with Gasteiger partial charge in [-0.25, -0.2) is 0 Å². The van der Waals surface area contributed by atoms with E-state index in [0.717, 1.165) is 31.4 Å². The maximum Gasteiger partial charge on any atom is 0.417 e. The topological polar surface area (TPSA) is 0 Å². The third-order valence-electron chi connectivity index (χ3n) is 3.92. The second-order valence-corrected chi connectivity index (χ2v) is 16.2. The Morgan fingerprint density at radius 2 is 0.923 bits per heavy atom. The first-order chi connectivity index (χ1) is 17.5. The van der Waals surface area contributed by atoms with Crippen LogP contribution in [0.5, 0.6) is 0 Å². The van der Waals surface area contributed by atoms with E-state index in [1.54, 1.807) is 51.2 Å². The molecule has 216 valence electrons. The predicted molar refractivity (Wildman–Crippen MR) is 194 cm³/mol. The highest BCUT2D eigenvalue weighted by atomic mass is 127. The first kappa shape index (κ1) is 39.9. The summed E-state index contributed by atoms with van der Waals surface area (Å²) in [6, 6.07) is 7.55. The number of rotatable bonds is 0. The fourth-order valence-electron chi connectivity index (χ4n) is 2.22. The zero-order chi connectivity index (χ0) is 30.7. The highest BCUT2D eigenvalue weighted by molar-refractivity contribution is 14.1. The standard InChI is InChI=1S/3C7H2BrF3I2/c8-4-1-3(7(9,10)11)5(12)2-6(4)13;8-3-1-4(7(9,10)11)6(13)5(12)2-3;8-4-1-3(7(9,10)11)2-5(12)6(4)13/h3*1-2H. The van der Waals surface area contributed by atoms with Gasteiger partial charge in [0.2, 0.25) is 0 Å². The summed E-state index contributed by atoms with van der Waals surface area (Å²) in [5, 5.41) is 0. The van der Waals surface area contributed by atoms with E-state index < -0.39 is 35.2 Å². The van der Waals surface area contributed by atoms with E-state index in [4.69, 9.17) is 0 Å². The second-order valence-electron chi connectivity index (χ2n) is 6.74. The van der Waals surface area contributed by atoms with Crippen molar-refractivity contribution in [3.8, 4) is 0 Å². The molecule has 0 amide bonds. The minimum Gasteiger partial charge on any atom is -0.166 e. The number of hydrogen-bond acceptors (Lipinski definition) is 0. The van der Waals surface area contributed by atoms with Gasteiger partial charge in [-0.15, -0.1) is 0 Å². The Bertz CT molecular complexity index is 1300. The molecule has 0 nitrogen and oxygen atoms in total. The minimum absolute atomic E-state index is 0.220. The number of benzene rings is 3. The average molecular weight is 1430 g/mol. The number of hydrogen-bond donors (Lipinski definition) is 0. The lowest BCUT2D eigenvalue weighted by Crippen LogP contribution is -2.08. The summed E-state index contributed by atoms with van der Waals surface area (Å²) in [5.74, 6) is 0. The first-order valence-electron chi connectivity index (χ1n) is 9.12. The van der Waals surface area contributed by atoms with Gasteiger partial charge in [0.1, 0.15) is 0 Å². The molecule has 0 saturated carbocycles. The van der Waals surface area contributed by atoms with Crippen LogP contribution >= 0.6 is 183 Å². The van der Waals surface area contributed by atoms with Gasteiger partial charge in [0.15, 0.2) is 0 Å². The van der Waals surface area contributed by atoms with Gasteiger partial charge in [0.25, 0.3) is 0 Å². The van der Waals surface area contributed by atoms with E-state index in [0.29, 0.717) is 20.6 Å². The van der Waals surface area contributed by atoms with Crippen LogP contribution in [0.2, 0.25) is 0 Å². The number of alkyl halides is 9. The van der Waals surface area contributed by atoms with Crippen LogP contribution in [-0.2, 0) is 18.5 Å². The third-order valence-corrected chi connectivity index (χ3v) is 15.0. The van der Waals surface area contributed by atoms with E-state index in [2.05, 4.69) is 47.8 Å². The van der Waals surface area contributed by atoms with E-state index in [-0.39, 0.29) is 7.14 Å². The molecule has 0 bridgehead atoms. The first-order valence-corrected chi connectivity index (χ1v) is 18.0. The monoisotopic (exact) mass is 1430 g/mol. The fourth-order valence-corrected chi connectivity index (χ4v) is 8.30. The molecule has 0 N–H and O–H groups in total. The van der Waals surface area contributed by atoms with Crippen LogP contribution in [0, 0.1) is 21.4 Å². The van der Waals surface area contributed by atoms with Gasteiger partial charge in [-0.3, -0.25) is 0 Å². The van der Waals surface area contributed by atoms with Crippen LogP contribution in [-0.4, -0.2) is 0 Å². The third kappa shape index (κ3) is 13.0. The Hall–Kier alpha value is 2.85. The summed E-state index contributed by atoms with van der Waals surface area (Å²) in [4.78, 5) is 0. The van der Waals surface area contributed by atoms with Crippen LogP contribution < -0.4 is 0 Å². The summed E-state index contributed by atoms with van der Waals surface area (Å²) in [6.45, 7) is 0. The van der Waals surface area contributed by atoms with E-state index >= 15 is 0 Å². The molecule has 0 atom stereocenters. The van der Waals surface area contributed by atoms with Gasteiger partial charge in [0, 0.05) is 34.8 Å². The van der Waals surface area contributed by atoms with Crippen molar-refractivity contribution in [2.75, 3.05) is 0 Å². The molecule has 0 aromatic heterocycles. The van der Waals surface area contributed by atoms with Crippen LogP contribution in [0.3, 0.4) is 0 Å². The van der Waals surface area contributed by atoms with Gasteiger partial charge < -0.3 is 0 Å². The molecular formula is C21H6Br3F9I6. The Kier molecular flexibility index (Phi) is 16.8. The molecule has 0 heterocycles. The molecule has 18 heteroatoms.